The zero-order valence-corrected chi connectivity index (χ0v) is 9.00. The zero-order chi connectivity index (χ0) is 11.5. The van der Waals surface area contributed by atoms with Crippen LogP contribution in [0.2, 0.25) is 5.28 Å². The lowest BCUT2D eigenvalue weighted by atomic mass is 10.2. The van der Waals surface area contributed by atoms with Gasteiger partial charge in [0.05, 0.1) is 12.1 Å². The van der Waals surface area contributed by atoms with E-state index >= 15 is 0 Å². The third-order valence-corrected chi connectivity index (χ3v) is 2.20. The second kappa shape index (κ2) is 4.59. The zero-order valence-electron chi connectivity index (χ0n) is 8.24. The number of halogens is 2. The fourth-order valence-corrected chi connectivity index (χ4v) is 1.56. The summed E-state index contributed by atoms with van der Waals surface area (Å²) >= 11 is 5.72. The molecule has 0 amide bonds. The number of fused-ring (bicyclic) bond motifs is 1. The van der Waals surface area contributed by atoms with Gasteiger partial charge >= 0.3 is 0 Å². The highest BCUT2D eigenvalue weighted by molar-refractivity contribution is 6.28. The first-order valence-electron chi connectivity index (χ1n) is 4.68. The van der Waals surface area contributed by atoms with E-state index in [4.69, 9.17) is 16.7 Å². The van der Waals surface area contributed by atoms with Gasteiger partial charge in [-0.15, -0.1) is 0 Å². The molecule has 0 saturated carbocycles. The number of benzene rings is 1. The highest BCUT2D eigenvalue weighted by Gasteiger charge is 2.07. The van der Waals surface area contributed by atoms with Crippen molar-refractivity contribution in [2.75, 3.05) is 18.5 Å². The molecule has 2 N–H and O–H groups in total. The summed E-state index contributed by atoms with van der Waals surface area (Å²) in [5.41, 5.74) is 0.557. The first kappa shape index (κ1) is 11.0. The highest BCUT2D eigenvalue weighted by atomic mass is 35.5. The molecule has 1 aromatic heterocycles. The van der Waals surface area contributed by atoms with Crippen LogP contribution < -0.4 is 5.32 Å². The smallest absolute Gasteiger partial charge is 0.224 e. The Morgan fingerprint density at radius 3 is 2.94 bits per heavy atom. The average molecular weight is 242 g/mol. The van der Waals surface area contributed by atoms with Gasteiger partial charge in [0.15, 0.2) is 0 Å². The predicted molar refractivity (Wildman–Crippen MR) is 60.1 cm³/mol. The van der Waals surface area contributed by atoms with Crippen LogP contribution in [0.5, 0.6) is 0 Å². The van der Waals surface area contributed by atoms with Gasteiger partial charge in [-0.3, -0.25) is 0 Å². The quantitative estimate of drug-likeness (QED) is 0.805. The normalized spacial score (nSPS) is 10.7. The van der Waals surface area contributed by atoms with Gasteiger partial charge in [-0.05, 0) is 29.8 Å². The van der Waals surface area contributed by atoms with Crippen molar-refractivity contribution < 1.29 is 9.50 Å². The van der Waals surface area contributed by atoms with Crippen LogP contribution >= 0.6 is 11.6 Å². The number of nitrogens with one attached hydrogen (secondary N) is 1. The highest BCUT2D eigenvalue weighted by Crippen LogP contribution is 2.22. The molecule has 6 heteroatoms. The van der Waals surface area contributed by atoms with E-state index in [1.165, 1.54) is 18.2 Å². The summed E-state index contributed by atoms with van der Waals surface area (Å²) in [6, 6.07) is 4.16. The number of hydrogen-bond acceptors (Lipinski definition) is 4. The standard InChI is InChI=1S/C10H9ClFN3O/c11-10-14-8-2-1-6(12)5-7(8)9(15-10)13-3-4-16/h1-2,5,16H,3-4H2,(H,13,14,15). The molecule has 16 heavy (non-hydrogen) atoms. The van der Waals surface area contributed by atoms with Crippen molar-refractivity contribution in [2.24, 2.45) is 0 Å². The molecular formula is C10H9ClFN3O. The molecule has 4 nitrogen and oxygen atoms in total. The summed E-state index contributed by atoms with van der Waals surface area (Å²) in [5, 5.41) is 12.2. The molecule has 0 saturated heterocycles. The van der Waals surface area contributed by atoms with Gasteiger partial charge < -0.3 is 10.4 Å². The maximum Gasteiger partial charge on any atom is 0.224 e. The Morgan fingerprint density at radius 2 is 2.19 bits per heavy atom. The number of hydrogen-bond donors (Lipinski definition) is 2. The van der Waals surface area contributed by atoms with Crippen molar-refractivity contribution in [2.45, 2.75) is 0 Å². The Morgan fingerprint density at radius 1 is 1.38 bits per heavy atom. The lowest BCUT2D eigenvalue weighted by Crippen LogP contribution is -2.08. The molecule has 0 radical (unpaired) electrons. The van der Waals surface area contributed by atoms with E-state index in [0.29, 0.717) is 23.3 Å². The van der Waals surface area contributed by atoms with Crippen molar-refractivity contribution in [3.8, 4) is 0 Å². The number of rotatable bonds is 3. The van der Waals surface area contributed by atoms with E-state index in [1.807, 2.05) is 0 Å². The lowest BCUT2D eigenvalue weighted by Gasteiger charge is -2.07. The molecular weight excluding hydrogens is 233 g/mol. The van der Waals surface area contributed by atoms with Gasteiger partial charge in [0.25, 0.3) is 0 Å². The van der Waals surface area contributed by atoms with Crippen LogP contribution in [0.1, 0.15) is 0 Å². The minimum Gasteiger partial charge on any atom is -0.395 e. The minimum absolute atomic E-state index is 0.0432. The molecule has 0 fully saturated rings. The number of aromatic nitrogens is 2. The number of aliphatic hydroxyl groups excluding tert-OH is 1. The molecule has 0 atom stereocenters. The third kappa shape index (κ3) is 2.20. The van der Waals surface area contributed by atoms with Gasteiger partial charge in [-0.2, -0.15) is 0 Å². The van der Waals surface area contributed by atoms with Crippen molar-refractivity contribution in [1.29, 1.82) is 0 Å². The molecule has 0 bridgehead atoms. The summed E-state index contributed by atoms with van der Waals surface area (Å²) in [6.45, 7) is 0.275. The Bertz CT molecular complexity index is 521. The fourth-order valence-electron chi connectivity index (χ4n) is 1.38. The SMILES string of the molecule is OCCNc1nc(Cl)nc2ccc(F)cc12. The second-order valence-corrected chi connectivity index (χ2v) is 3.49. The maximum atomic E-state index is 13.1. The monoisotopic (exact) mass is 241 g/mol. The minimum atomic E-state index is -0.370. The Labute approximate surface area is 96.1 Å². The Hall–Kier alpha value is -1.46. The maximum absolute atomic E-state index is 13.1. The van der Waals surface area contributed by atoms with Gasteiger partial charge in [-0.1, -0.05) is 0 Å². The van der Waals surface area contributed by atoms with Crippen molar-refractivity contribution in [3.05, 3.63) is 29.3 Å². The van der Waals surface area contributed by atoms with Gasteiger partial charge in [-0.25, -0.2) is 14.4 Å². The van der Waals surface area contributed by atoms with Crippen LogP contribution in [-0.4, -0.2) is 28.2 Å². The molecule has 0 aliphatic carbocycles. The van der Waals surface area contributed by atoms with E-state index in [9.17, 15) is 4.39 Å². The predicted octanol–water partition coefficient (Wildman–Crippen LogP) is 1.83. The second-order valence-electron chi connectivity index (χ2n) is 3.15. The first-order chi connectivity index (χ1) is 7.70. The third-order valence-electron chi connectivity index (χ3n) is 2.03. The van der Waals surface area contributed by atoms with E-state index < -0.39 is 0 Å². The van der Waals surface area contributed by atoms with Crippen LogP contribution in [0.3, 0.4) is 0 Å². The molecule has 0 spiro atoms. The topological polar surface area (TPSA) is 58.0 Å². The van der Waals surface area contributed by atoms with E-state index in [0.717, 1.165) is 0 Å². The molecule has 0 aliphatic rings. The van der Waals surface area contributed by atoms with Crippen LogP contribution in [0.4, 0.5) is 10.2 Å². The summed E-state index contributed by atoms with van der Waals surface area (Å²) in [4.78, 5) is 7.92. The molecule has 0 aliphatic heterocycles. The largest absolute Gasteiger partial charge is 0.395 e. The average Bonchev–Trinajstić information content (AvgIpc) is 2.26. The van der Waals surface area contributed by atoms with Gasteiger partial charge in [0.1, 0.15) is 11.6 Å². The van der Waals surface area contributed by atoms with Crippen LogP contribution in [0.25, 0.3) is 10.9 Å². The fraction of sp³-hybridized carbons (Fsp3) is 0.200. The number of anilines is 1. The van der Waals surface area contributed by atoms with Crippen molar-refractivity contribution in [1.82, 2.24) is 9.97 Å². The summed E-state index contributed by atoms with van der Waals surface area (Å²) in [7, 11) is 0. The van der Waals surface area contributed by atoms with Crippen molar-refractivity contribution >= 4 is 28.3 Å². The number of nitrogens with zero attached hydrogens (tertiary/aromatic N) is 2. The van der Waals surface area contributed by atoms with Gasteiger partial charge in [0.2, 0.25) is 5.28 Å². The van der Waals surface area contributed by atoms with Crippen molar-refractivity contribution in [3.63, 3.8) is 0 Å². The van der Waals surface area contributed by atoms with Crippen LogP contribution in [0, 0.1) is 5.82 Å². The van der Waals surface area contributed by atoms with E-state index in [1.54, 1.807) is 0 Å². The first-order valence-corrected chi connectivity index (χ1v) is 5.06. The molecule has 84 valence electrons. The summed E-state index contributed by atoms with van der Waals surface area (Å²) in [6.07, 6.45) is 0. The Balaban J connectivity index is 2.55. The molecule has 2 aromatic rings. The van der Waals surface area contributed by atoms with Crippen LogP contribution in [0.15, 0.2) is 18.2 Å². The molecule has 1 heterocycles. The molecule has 2 rings (SSSR count). The molecule has 0 unspecified atom stereocenters. The molecule has 1 aromatic carbocycles. The lowest BCUT2D eigenvalue weighted by molar-refractivity contribution is 0.311. The van der Waals surface area contributed by atoms with Crippen LogP contribution in [-0.2, 0) is 0 Å². The van der Waals surface area contributed by atoms with E-state index in [-0.39, 0.29) is 17.7 Å². The van der Waals surface area contributed by atoms with Gasteiger partial charge in [0, 0.05) is 11.9 Å². The summed E-state index contributed by atoms with van der Waals surface area (Å²) < 4.78 is 13.1. The Kier molecular flexibility index (Phi) is 3.17. The number of aliphatic hydroxyl groups is 1. The summed E-state index contributed by atoms with van der Waals surface area (Å²) in [5.74, 6) is 0.0500. The van der Waals surface area contributed by atoms with E-state index in [2.05, 4.69) is 15.3 Å².